The van der Waals surface area contributed by atoms with Crippen LogP contribution in [0.2, 0.25) is 10.0 Å². The summed E-state index contributed by atoms with van der Waals surface area (Å²) in [6.07, 6.45) is -3.19. The Morgan fingerprint density at radius 3 is 2.58 bits per heavy atom. The van der Waals surface area contributed by atoms with Gasteiger partial charge in [0.1, 0.15) is 5.75 Å². The van der Waals surface area contributed by atoms with E-state index in [0.717, 1.165) is 23.3 Å². The monoisotopic (exact) mass is 495 g/mol. The Bertz CT molecular complexity index is 1040. The van der Waals surface area contributed by atoms with Gasteiger partial charge in [0.25, 0.3) is 5.60 Å². The Morgan fingerprint density at radius 2 is 1.94 bits per heavy atom. The molecule has 4 rings (SSSR count). The van der Waals surface area contributed by atoms with Gasteiger partial charge in [0, 0.05) is 41.4 Å². The van der Waals surface area contributed by atoms with E-state index in [4.69, 9.17) is 37.0 Å². The number of alkyl halides is 3. The molecule has 0 bridgehead atoms. The van der Waals surface area contributed by atoms with Crippen LogP contribution in [-0.4, -0.2) is 24.8 Å². The summed E-state index contributed by atoms with van der Waals surface area (Å²) < 4.78 is 67.5. The van der Waals surface area contributed by atoms with Gasteiger partial charge in [-0.1, -0.05) is 40.5 Å². The summed E-state index contributed by atoms with van der Waals surface area (Å²) in [7, 11) is 0. The maximum absolute atomic E-state index is 14.2. The quantitative estimate of drug-likeness (QED) is 0.271. The lowest BCUT2D eigenvalue weighted by Gasteiger charge is -2.29. The van der Waals surface area contributed by atoms with E-state index >= 15 is 0 Å². The van der Waals surface area contributed by atoms with Crippen molar-refractivity contribution in [1.29, 1.82) is 0 Å². The SMILES string of the molecule is CSOCc1ccc(C2=NOC(c3cc(Cl)c(F)c(Cl)c3)(C(F)(F)F)C2)c2c1OCC2. The molecule has 1 unspecified atom stereocenters. The number of hydrogen-bond donors (Lipinski definition) is 0. The van der Waals surface area contributed by atoms with Gasteiger partial charge in [-0.15, -0.1) is 0 Å². The van der Waals surface area contributed by atoms with Crippen LogP contribution in [0.1, 0.15) is 28.7 Å². The van der Waals surface area contributed by atoms with Crippen LogP contribution in [-0.2, 0) is 27.6 Å². The first-order valence-electron chi connectivity index (χ1n) is 9.08. The zero-order valence-electron chi connectivity index (χ0n) is 16.0. The summed E-state index contributed by atoms with van der Waals surface area (Å²) in [5.74, 6) is -0.409. The fourth-order valence-electron chi connectivity index (χ4n) is 3.70. The first kappa shape index (κ1) is 22.5. The van der Waals surface area contributed by atoms with Crippen LogP contribution in [0.15, 0.2) is 29.4 Å². The van der Waals surface area contributed by atoms with E-state index in [1.54, 1.807) is 18.4 Å². The van der Waals surface area contributed by atoms with E-state index in [1.807, 2.05) is 0 Å². The minimum Gasteiger partial charge on any atom is -0.493 e. The zero-order chi connectivity index (χ0) is 22.4. The molecule has 2 aromatic rings. The van der Waals surface area contributed by atoms with Crippen molar-refractivity contribution in [2.24, 2.45) is 5.16 Å². The highest BCUT2D eigenvalue weighted by atomic mass is 35.5. The third-order valence-corrected chi connectivity index (χ3v) is 6.12. The molecule has 0 radical (unpaired) electrons. The van der Waals surface area contributed by atoms with E-state index in [0.29, 0.717) is 30.9 Å². The summed E-state index contributed by atoms with van der Waals surface area (Å²) >= 11 is 12.7. The molecule has 0 spiro atoms. The third kappa shape index (κ3) is 3.86. The molecule has 1 atom stereocenters. The molecule has 0 amide bonds. The molecule has 0 fully saturated rings. The molecule has 0 aliphatic carbocycles. The fraction of sp³-hybridized carbons (Fsp3) is 0.350. The molecule has 2 aromatic carbocycles. The van der Waals surface area contributed by atoms with E-state index in [1.165, 1.54) is 12.0 Å². The molecule has 2 aliphatic heterocycles. The Balaban J connectivity index is 1.74. The Labute approximate surface area is 189 Å². The van der Waals surface area contributed by atoms with Gasteiger partial charge in [0.15, 0.2) is 5.82 Å². The number of oxime groups is 1. The fourth-order valence-corrected chi connectivity index (χ4v) is 4.43. The van der Waals surface area contributed by atoms with Crippen molar-refractivity contribution in [3.05, 3.63) is 62.4 Å². The van der Waals surface area contributed by atoms with Gasteiger partial charge in [0.05, 0.1) is 29.0 Å². The first-order chi connectivity index (χ1) is 14.7. The lowest BCUT2D eigenvalue weighted by molar-refractivity contribution is -0.275. The van der Waals surface area contributed by atoms with Crippen LogP contribution in [0.4, 0.5) is 17.6 Å². The second-order valence-corrected chi connectivity index (χ2v) is 8.38. The normalized spacial score (nSPS) is 20.3. The summed E-state index contributed by atoms with van der Waals surface area (Å²) in [6.45, 7) is 0.701. The minimum atomic E-state index is -4.87. The average molecular weight is 496 g/mol. The average Bonchev–Trinajstić information content (AvgIpc) is 3.38. The smallest absolute Gasteiger partial charge is 0.435 e. The van der Waals surface area contributed by atoms with Crippen molar-refractivity contribution in [3.8, 4) is 5.75 Å². The number of benzene rings is 2. The molecule has 0 aromatic heterocycles. The van der Waals surface area contributed by atoms with Crippen LogP contribution in [0, 0.1) is 5.82 Å². The van der Waals surface area contributed by atoms with Crippen molar-refractivity contribution in [3.63, 3.8) is 0 Å². The Hall–Kier alpha value is -1.68. The molecular weight excluding hydrogens is 481 g/mol. The van der Waals surface area contributed by atoms with Crippen molar-refractivity contribution in [2.45, 2.75) is 31.2 Å². The van der Waals surface area contributed by atoms with Gasteiger partial charge in [-0.3, -0.25) is 0 Å². The van der Waals surface area contributed by atoms with Gasteiger partial charge >= 0.3 is 6.18 Å². The molecule has 0 N–H and O–H groups in total. The molecule has 0 saturated heterocycles. The van der Waals surface area contributed by atoms with Crippen LogP contribution in [0.3, 0.4) is 0 Å². The third-order valence-electron chi connectivity index (χ3n) is 5.22. The van der Waals surface area contributed by atoms with E-state index < -0.39 is 39.6 Å². The van der Waals surface area contributed by atoms with E-state index in [9.17, 15) is 17.6 Å². The molecule has 31 heavy (non-hydrogen) atoms. The largest absolute Gasteiger partial charge is 0.493 e. The first-order valence-corrected chi connectivity index (χ1v) is 11.0. The second kappa shape index (κ2) is 8.35. The van der Waals surface area contributed by atoms with Gasteiger partial charge in [-0.2, -0.15) is 13.2 Å². The van der Waals surface area contributed by atoms with Crippen LogP contribution in [0.25, 0.3) is 0 Å². The van der Waals surface area contributed by atoms with Crippen molar-refractivity contribution in [1.82, 2.24) is 0 Å². The second-order valence-electron chi connectivity index (χ2n) is 6.99. The Kier molecular flexibility index (Phi) is 6.06. The molecule has 0 saturated carbocycles. The lowest BCUT2D eigenvalue weighted by atomic mass is 9.85. The number of rotatable bonds is 5. The number of nitrogens with zero attached hydrogens (tertiary/aromatic N) is 1. The molecule has 4 nitrogen and oxygen atoms in total. The van der Waals surface area contributed by atoms with Crippen molar-refractivity contribution < 1.29 is 31.3 Å². The van der Waals surface area contributed by atoms with Crippen molar-refractivity contribution >= 4 is 41.0 Å². The maximum Gasteiger partial charge on any atom is 0.435 e. The summed E-state index contributed by atoms with van der Waals surface area (Å²) in [5, 5.41) is 2.72. The summed E-state index contributed by atoms with van der Waals surface area (Å²) in [6, 6.07) is 5.15. The highest BCUT2D eigenvalue weighted by Crippen LogP contribution is 2.50. The number of hydrogen-bond acceptors (Lipinski definition) is 5. The molecule has 166 valence electrons. The zero-order valence-corrected chi connectivity index (χ0v) is 18.3. The van der Waals surface area contributed by atoms with Crippen LogP contribution < -0.4 is 4.74 Å². The number of fused-ring (bicyclic) bond motifs is 1. The van der Waals surface area contributed by atoms with Crippen molar-refractivity contribution in [2.75, 3.05) is 12.9 Å². The highest BCUT2D eigenvalue weighted by Gasteiger charge is 2.62. The van der Waals surface area contributed by atoms with Gasteiger partial charge in [0.2, 0.25) is 0 Å². The van der Waals surface area contributed by atoms with Gasteiger partial charge in [-0.05, 0) is 24.2 Å². The standard InChI is InChI=1S/C20H15Cl2F4NO3S/c1-31-29-9-10-2-3-12(13-4-5-28-18(10)13)16-8-19(30-27-16,20(24,25)26)11-6-14(21)17(23)15(22)7-11/h2-3,6-7H,4-5,8-9H2,1H3. The van der Waals surface area contributed by atoms with E-state index in [-0.39, 0.29) is 5.71 Å². The molecule has 2 heterocycles. The molecule has 11 heteroatoms. The Morgan fingerprint density at radius 1 is 1.23 bits per heavy atom. The van der Waals surface area contributed by atoms with E-state index in [2.05, 4.69) is 5.16 Å². The lowest BCUT2D eigenvalue weighted by Crippen LogP contribution is -2.42. The molecule has 2 aliphatic rings. The predicted molar refractivity (Wildman–Crippen MR) is 110 cm³/mol. The highest BCUT2D eigenvalue weighted by molar-refractivity contribution is 7.93. The van der Waals surface area contributed by atoms with Gasteiger partial charge in [-0.25, -0.2) is 4.39 Å². The minimum absolute atomic E-state index is 0.105. The van der Waals surface area contributed by atoms with Crippen LogP contribution in [0.5, 0.6) is 5.75 Å². The summed E-state index contributed by atoms with van der Waals surface area (Å²) in [5.41, 5.74) is -1.11. The topological polar surface area (TPSA) is 40.0 Å². The number of ether oxygens (including phenoxy) is 1. The summed E-state index contributed by atoms with van der Waals surface area (Å²) in [4.78, 5) is 5.02. The molecular formula is C20H15Cl2F4NO3S. The maximum atomic E-state index is 14.2. The number of halogens is 6. The van der Waals surface area contributed by atoms with Crippen LogP contribution >= 0.6 is 35.2 Å². The van der Waals surface area contributed by atoms with Gasteiger partial charge < -0.3 is 13.8 Å². The predicted octanol–water partition coefficient (Wildman–Crippen LogP) is 6.44.